The standard InChI is InChI=1S/C18H27FN2O4S/c1-16(2,3)25-15(22)11-18(7,21-26(24)17(4,5)6)13-10-12(20-23)8-9-14(13)19/h8-10,21H,11H2,1-7H3/t18-,26+/m0/s1. The van der Waals surface area contributed by atoms with Gasteiger partial charge in [-0.3, -0.25) is 4.79 Å². The summed E-state index contributed by atoms with van der Waals surface area (Å²) in [6, 6.07) is 3.58. The van der Waals surface area contributed by atoms with Gasteiger partial charge in [-0.2, -0.15) is 0 Å². The summed E-state index contributed by atoms with van der Waals surface area (Å²) in [7, 11) is 0. The first-order valence-corrected chi connectivity index (χ1v) is 9.38. The molecule has 0 aliphatic rings. The summed E-state index contributed by atoms with van der Waals surface area (Å²) < 4.78 is 34.7. The van der Waals surface area contributed by atoms with Gasteiger partial charge in [0.2, 0.25) is 0 Å². The lowest BCUT2D eigenvalue weighted by Gasteiger charge is -2.35. The number of rotatable bonds is 6. The second kappa shape index (κ2) is 8.02. The third kappa shape index (κ3) is 6.34. The third-order valence-electron chi connectivity index (χ3n) is 3.44. The number of nitrogens with zero attached hydrogens (tertiary/aromatic N) is 1. The van der Waals surface area contributed by atoms with Crippen molar-refractivity contribution in [2.75, 3.05) is 0 Å². The van der Waals surface area contributed by atoms with E-state index in [0.29, 0.717) is 0 Å². The highest BCUT2D eigenvalue weighted by Crippen LogP contribution is 2.33. The topological polar surface area (TPSA) is 90.8 Å². The van der Waals surface area contributed by atoms with Crippen LogP contribution in [0.25, 0.3) is 0 Å². The summed E-state index contributed by atoms with van der Waals surface area (Å²) in [5.41, 5.74) is -2.03. The van der Waals surface area contributed by atoms with Crippen molar-refractivity contribution in [3.63, 3.8) is 0 Å². The number of halogens is 1. The molecule has 0 spiro atoms. The van der Waals surface area contributed by atoms with E-state index in [-0.39, 0.29) is 17.7 Å². The molecule has 1 aromatic carbocycles. The summed E-state index contributed by atoms with van der Waals surface area (Å²) in [6.07, 6.45) is -0.272. The van der Waals surface area contributed by atoms with Gasteiger partial charge in [-0.1, -0.05) is 0 Å². The SMILES string of the molecule is CC(C)(C)OC(=O)C[C@](C)(N[S@+]([O-])C(C)(C)C)c1cc(N=O)ccc1F. The Labute approximate surface area is 157 Å². The Hall–Kier alpha value is -1.51. The van der Waals surface area contributed by atoms with Crippen LogP contribution < -0.4 is 4.72 Å². The van der Waals surface area contributed by atoms with Gasteiger partial charge in [0.05, 0.1) is 12.0 Å². The Kier molecular flexibility index (Phi) is 6.95. The van der Waals surface area contributed by atoms with Crippen LogP contribution >= 0.6 is 0 Å². The van der Waals surface area contributed by atoms with Crippen LogP contribution in [0.2, 0.25) is 0 Å². The first-order valence-electron chi connectivity index (χ1n) is 8.23. The van der Waals surface area contributed by atoms with Crippen LogP contribution in [0.5, 0.6) is 0 Å². The number of ether oxygens (including phenoxy) is 1. The van der Waals surface area contributed by atoms with E-state index in [9.17, 15) is 18.6 Å². The van der Waals surface area contributed by atoms with Gasteiger partial charge in [-0.25, -0.2) is 4.39 Å². The molecule has 0 fully saturated rings. The highest BCUT2D eigenvalue weighted by molar-refractivity contribution is 7.90. The highest BCUT2D eigenvalue weighted by Gasteiger charge is 2.41. The van der Waals surface area contributed by atoms with E-state index < -0.39 is 39.0 Å². The predicted molar refractivity (Wildman–Crippen MR) is 101 cm³/mol. The van der Waals surface area contributed by atoms with Gasteiger partial charge in [-0.05, 0) is 71.8 Å². The first kappa shape index (κ1) is 22.5. The Bertz CT molecular complexity index is 670. The maximum Gasteiger partial charge on any atom is 0.308 e. The van der Waals surface area contributed by atoms with E-state index in [1.54, 1.807) is 48.5 Å². The fourth-order valence-electron chi connectivity index (χ4n) is 2.20. The van der Waals surface area contributed by atoms with Crippen LogP contribution in [0.1, 0.15) is 60.5 Å². The molecule has 0 unspecified atom stereocenters. The Balaban J connectivity index is 3.33. The molecule has 1 aromatic rings. The molecule has 2 atom stereocenters. The normalized spacial score (nSPS) is 15.9. The monoisotopic (exact) mass is 386 g/mol. The lowest BCUT2D eigenvalue weighted by molar-refractivity contribution is -0.156. The van der Waals surface area contributed by atoms with Gasteiger partial charge >= 0.3 is 5.97 Å². The number of benzene rings is 1. The second-order valence-corrected chi connectivity index (χ2v) is 10.3. The maximum atomic E-state index is 14.5. The molecule has 1 rings (SSSR count). The van der Waals surface area contributed by atoms with Crippen molar-refractivity contribution in [3.8, 4) is 0 Å². The first-order chi connectivity index (χ1) is 11.7. The van der Waals surface area contributed by atoms with E-state index >= 15 is 0 Å². The lowest BCUT2D eigenvalue weighted by Crippen LogP contribution is -2.51. The number of nitrogens with one attached hydrogen (secondary N) is 1. The zero-order chi connectivity index (χ0) is 20.3. The summed E-state index contributed by atoms with van der Waals surface area (Å²) in [5.74, 6) is -1.22. The van der Waals surface area contributed by atoms with Crippen molar-refractivity contribution < 1.29 is 18.5 Å². The van der Waals surface area contributed by atoms with Crippen molar-refractivity contribution in [2.24, 2.45) is 5.18 Å². The van der Waals surface area contributed by atoms with E-state index in [4.69, 9.17) is 4.74 Å². The molecule has 0 saturated carbocycles. The van der Waals surface area contributed by atoms with Crippen molar-refractivity contribution in [2.45, 2.75) is 70.8 Å². The van der Waals surface area contributed by atoms with Gasteiger partial charge < -0.3 is 9.29 Å². The zero-order valence-corrected chi connectivity index (χ0v) is 17.1. The molecule has 26 heavy (non-hydrogen) atoms. The minimum Gasteiger partial charge on any atom is -0.598 e. The van der Waals surface area contributed by atoms with E-state index in [1.165, 1.54) is 12.1 Å². The quantitative estimate of drug-likeness (QED) is 0.449. The molecule has 0 bridgehead atoms. The molecular formula is C18H27FN2O4S. The van der Waals surface area contributed by atoms with Crippen molar-refractivity contribution >= 4 is 23.0 Å². The minimum absolute atomic E-state index is 0.0140. The molecular weight excluding hydrogens is 359 g/mol. The summed E-state index contributed by atoms with van der Waals surface area (Å²) in [4.78, 5) is 23.2. The van der Waals surface area contributed by atoms with Crippen LogP contribution in [-0.4, -0.2) is 20.9 Å². The predicted octanol–water partition coefficient (Wildman–Crippen LogP) is 4.22. The fraction of sp³-hybridized carbons (Fsp3) is 0.611. The molecule has 0 aliphatic heterocycles. The van der Waals surface area contributed by atoms with Crippen molar-refractivity contribution in [3.05, 3.63) is 34.5 Å². The van der Waals surface area contributed by atoms with Crippen LogP contribution in [0.3, 0.4) is 0 Å². The molecule has 146 valence electrons. The molecule has 0 aromatic heterocycles. The highest BCUT2D eigenvalue weighted by atomic mass is 32.2. The number of carbonyl (C=O) groups is 1. The Morgan fingerprint density at radius 3 is 2.27 bits per heavy atom. The van der Waals surface area contributed by atoms with Gasteiger partial charge in [0.15, 0.2) is 0 Å². The molecule has 0 amide bonds. The number of esters is 1. The van der Waals surface area contributed by atoms with Crippen LogP contribution in [0, 0.1) is 10.7 Å². The molecule has 0 saturated heterocycles. The fourth-order valence-corrected chi connectivity index (χ4v) is 3.10. The number of carbonyl (C=O) groups excluding carboxylic acids is 1. The number of hydrogen-bond donors (Lipinski definition) is 1. The van der Waals surface area contributed by atoms with Crippen LogP contribution in [-0.2, 0) is 26.4 Å². The zero-order valence-electron chi connectivity index (χ0n) is 16.3. The Morgan fingerprint density at radius 1 is 1.23 bits per heavy atom. The number of nitroso groups, excluding NO2 is 1. The summed E-state index contributed by atoms with van der Waals surface area (Å²) >= 11 is -1.60. The van der Waals surface area contributed by atoms with E-state index in [1.807, 2.05) is 0 Å². The molecule has 1 N–H and O–H groups in total. The molecule has 0 radical (unpaired) electrons. The Morgan fingerprint density at radius 2 is 1.81 bits per heavy atom. The van der Waals surface area contributed by atoms with E-state index in [0.717, 1.165) is 6.07 Å². The minimum atomic E-state index is -1.60. The third-order valence-corrected chi connectivity index (χ3v) is 5.19. The number of hydrogen-bond acceptors (Lipinski definition) is 6. The van der Waals surface area contributed by atoms with Gasteiger partial charge in [0.1, 0.15) is 21.9 Å². The van der Waals surface area contributed by atoms with Crippen molar-refractivity contribution in [1.29, 1.82) is 0 Å². The lowest BCUT2D eigenvalue weighted by atomic mass is 9.89. The van der Waals surface area contributed by atoms with Crippen LogP contribution in [0.15, 0.2) is 23.4 Å². The summed E-state index contributed by atoms with van der Waals surface area (Å²) in [5, 5.41) is 2.82. The largest absolute Gasteiger partial charge is 0.598 e. The van der Waals surface area contributed by atoms with Gasteiger partial charge in [0.25, 0.3) is 0 Å². The van der Waals surface area contributed by atoms with E-state index in [2.05, 4.69) is 9.90 Å². The smallest absolute Gasteiger partial charge is 0.308 e. The molecule has 0 aliphatic carbocycles. The van der Waals surface area contributed by atoms with Crippen LogP contribution in [0.4, 0.5) is 10.1 Å². The molecule has 6 nitrogen and oxygen atoms in total. The van der Waals surface area contributed by atoms with Gasteiger partial charge in [0, 0.05) is 16.9 Å². The van der Waals surface area contributed by atoms with Gasteiger partial charge in [-0.15, -0.1) is 9.63 Å². The second-order valence-electron chi connectivity index (χ2n) is 8.33. The maximum absolute atomic E-state index is 14.5. The summed E-state index contributed by atoms with van der Waals surface area (Å²) in [6.45, 7) is 12.0. The molecule has 0 heterocycles. The molecule has 8 heteroatoms. The average Bonchev–Trinajstić information content (AvgIpc) is 2.44. The average molecular weight is 386 g/mol. The van der Waals surface area contributed by atoms with Crippen molar-refractivity contribution in [1.82, 2.24) is 4.72 Å².